The number of amides is 1. The zero-order valence-electron chi connectivity index (χ0n) is 9.04. The first kappa shape index (κ1) is 11.4. The maximum Gasteiger partial charge on any atom is 0.220 e. The molecule has 1 N–H and O–H groups in total. The minimum atomic E-state index is -0.101. The van der Waals surface area contributed by atoms with Gasteiger partial charge in [0.25, 0.3) is 0 Å². The zero-order chi connectivity index (χ0) is 11.3. The molecule has 1 aromatic rings. The first-order chi connectivity index (χ1) is 7.13. The Morgan fingerprint density at radius 2 is 1.80 bits per heavy atom. The molecular weight excluding hydrogens is 190 g/mol. The van der Waals surface area contributed by atoms with Gasteiger partial charge in [-0.3, -0.25) is 9.59 Å². The summed E-state index contributed by atoms with van der Waals surface area (Å²) in [6, 6.07) is 7.31. The topological polar surface area (TPSA) is 46.2 Å². The number of carbonyl (C=O) groups is 2. The fraction of sp³-hybridized carbons (Fsp3) is 0.333. The van der Waals surface area contributed by atoms with E-state index in [2.05, 4.69) is 5.32 Å². The van der Waals surface area contributed by atoms with E-state index in [-0.39, 0.29) is 18.2 Å². The molecule has 1 aromatic carbocycles. The predicted molar refractivity (Wildman–Crippen MR) is 58.8 cm³/mol. The number of ketones is 1. The van der Waals surface area contributed by atoms with E-state index in [1.54, 1.807) is 19.1 Å². The Morgan fingerprint density at radius 3 is 2.33 bits per heavy atom. The van der Waals surface area contributed by atoms with Gasteiger partial charge in [-0.2, -0.15) is 0 Å². The van der Waals surface area contributed by atoms with Gasteiger partial charge in [-0.15, -0.1) is 0 Å². The van der Waals surface area contributed by atoms with Crippen LogP contribution in [-0.2, 0) is 4.79 Å². The molecule has 0 saturated carbocycles. The average Bonchev–Trinajstić information content (AvgIpc) is 2.26. The second kappa shape index (κ2) is 5.29. The molecule has 15 heavy (non-hydrogen) atoms. The van der Waals surface area contributed by atoms with Crippen LogP contribution >= 0.6 is 0 Å². The van der Waals surface area contributed by atoms with Crippen LogP contribution in [-0.4, -0.2) is 18.2 Å². The fourth-order valence-electron chi connectivity index (χ4n) is 1.15. The first-order valence-corrected chi connectivity index (χ1v) is 5.00. The lowest BCUT2D eigenvalue weighted by molar-refractivity contribution is -0.120. The molecule has 0 aliphatic heterocycles. The molecule has 0 heterocycles. The maximum atomic E-state index is 11.6. The molecule has 1 amide bonds. The monoisotopic (exact) mass is 205 g/mol. The molecule has 0 aliphatic rings. The van der Waals surface area contributed by atoms with Crippen LogP contribution in [0.4, 0.5) is 0 Å². The maximum absolute atomic E-state index is 11.6. The van der Waals surface area contributed by atoms with Gasteiger partial charge >= 0.3 is 0 Å². The highest BCUT2D eigenvalue weighted by Crippen LogP contribution is 2.03. The van der Waals surface area contributed by atoms with Crippen molar-refractivity contribution in [1.82, 2.24) is 5.32 Å². The van der Waals surface area contributed by atoms with Gasteiger partial charge in [0.1, 0.15) is 0 Å². The lowest BCUT2D eigenvalue weighted by Crippen LogP contribution is -2.28. The second-order valence-corrected chi connectivity index (χ2v) is 3.42. The summed E-state index contributed by atoms with van der Waals surface area (Å²) in [7, 11) is 0. The van der Waals surface area contributed by atoms with Crippen molar-refractivity contribution in [3.63, 3.8) is 0 Å². The number of benzene rings is 1. The van der Waals surface area contributed by atoms with Gasteiger partial charge < -0.3 is 5.32 Å². The molecule has 0 bridgehead atoms. The zero-order valence-corrected chi connectivity index (χ0v) is 9.04. The van der Waals surface area contributed by atoms with Crippen LogP contribution in [0.2, 0.25) is 0 Å². The largest absolute Gasteiger partial charge is 0.349 e. The van der Waals surface area contributed by atoms with Gasteiger partial charge in [0, 0.05) is 12.0 Å². The van der Waals surface area contributed by atoms with E-state index in [0.29, 0.717) is 12.0 Å². The summed E-state index contributed by atoms with van der Waals surface area (Å²) >= 11 is 0. The number of nitrogens with one attached hydrogen (secondary N) is 1. The SMILES string of the molecule is CCC(=O)NCC(=O)c1ccc(C)cc1. The Labute approximate surface area is 89.5 Å². The molecule has 3 heteroatoms. The number of hydrogen-bond acceptors (Lipinski definition) is 2. The van der Waals surface area contributed by atoms with Crippen molar-refractivity contribution in [1.29, 1.82) is 0 Å². The minimum Gasteiger partial charge on any atom is -0.349 e. The number of hydrogen-bond donors (Lipinski definition) is 1. The average molecular weight is 205 g/mol. The van der Waals surface area contributed by atoms with Gasteiger partial charge in [-0.1, -0.05) is 36.8 Å². The molecule has 80 valence electrons. The molecule has 0 unspecified atom stereocenters. The number of aryl methyl sites for hydroxylation is 1. The van der Waals surface area contributed by atoms with Crippen LogP contribution in [0.1, 0.15) is 29.3 Å². The summed E-state index contributed by atoms with van der Waals surface area (Å²) in [6.45, 7) is 3.80. The molecule has 0 atom stereocenters. The first-order valence-electron chi connectivity index (χ1n) is 5.00. The molecule has 1 rings (SSSR count). The van der Waals surface area contributed by atoms with Gasteiger partial charge in [0.15, 0.2) is 5.78 Å². The Bertz CT molecular complexity index is 354. The smallest absolute Gasteiger partial charge is 0.220 e. The Balaban J connectivity index is 2.54. The van der Waals surface area contributed by atoms with Crippen molar-refractivity contribution in [2.75, 3.05) is 6.54 Å². The van der Waals surface area contributed by atoms with E-state index in [4.69, 9.17) is 0 Å². The third-order valence-corrected chi connectivity index (χ3v) is 2.14. The number of carbonyl (C=O) groups excluding carboxylic acids is 2. The van der Waals surface area contributed by atoms with Crippen LogP contribution in [0.15, 0.2) is 24.3 Å². The van der Waals surface area contributed by atoms with Crippen LogP contribution in [0.3, 0.4) is 0 Å². The third-order valence-electron chi connectivity index (χ3n) is 2.14. The molecular formula is C12H15NO2. The van der Waals surface area contributed by atoms with Crippen LogP contribution in [0.25, 0.3) is 0 Å². The van der Waals surface area contributed by atoms with Crippen LogP contribution in [0, 0.1) is 6.92 Å². The highest BCUT2D eigenvalue weighted by atomic mass is 16.2. The van der Waals surface area contributed by atoms with Crippen molar-refractivity contribution in [2.45, 2.75) is 20.3 Å². The highest BCUT2D eigenvalue weighted by Gasteiger charge is 2.06. The van der Waals surface area contributed by atoms with Gasteiger partial charge in [-0.25, -0.2) is 0 Å². The van der Waals surface area contributed by atoms with Crippen molar-refractivity contribution < 1.29 is 9.59 Å². The van der Waals surface area contributed by atoms with E-state index >= 15 is 0 Å². The minimum absolute atomic E-state index is 0.0585. The standard InChI is InChI=1S/C12H15NO2/c1-3-12(15)13-8-11(14)10-6-4-9(2)5-7-10/h4-7H,3,8H2,1-2H3,(H,13,15). The quantitative estimate of drug-likeness (QED) is 0.760. The van der Waals surface area contributed by atoms with Gasteiger partial charge in [-0.05, 0) is 6.92 Å². The summed E-state index contributed by atoms with van der Waals surface area (Å²) in [5.41, 5.74) is 1.75. The van der Waals surface area contributed by atoms with Gasteiger partial charge in [0.2, 0.25) is 5.91 Å². The number of Topliss-reactive ketones (excluding diaryl/α,β-unsaturated/α-hetero) is 1. The molecule has 0 aliphatic carbocycles. The van der Waals surface area contributed by atoms with Crippen molar-refractivity contribution in [3.05, 3.63) is 35.4 Å². The molecule has 0 radical (unpaired) electrons. The highest BCUT2D eigenvalue weighted by molar-refractivity contribution is 5.99. The second-order valence-electron chi connectivity index (χ2n) is 3.42. The molecule has 0 fully saturated rings. The molecule has 3 nitrogen and oxygen atoms in total. The number of rotatable bonds is 4. The fourth-order valence-corrected chi connectivity index (χ4v) is 1.15. The van der Waals surface area contributed by atoms with Crippen molar-refractivity contribution >= 4 is 11.7 Å². The van der Waals surface area contributed by atoms with E-state index in [1.165, 1.54) is 0 Å². The van der Waals surface area contributed by atoms with Gasteiger partial charge in [0.05, 0.1) is 6.54 Å². The summed E-state index contributed by atoms with van der Waals surface area (Å²) in [5.74, 6) is -0.160. The van der Waals surface area contributed by atoms with E-state index in [0.717, 1.165) is 5.56 Å². The summed E-state index contributed by atoms with van der Waals surface area (Å²) in [5, 5.41) is 2.56. The Kier molecular flexibility index (Phi) is 4.03. The third kappa shape index (κ3) is 3.54. The summed E-state index contributed by atoms with van der Waals surface area (Å²) in [6.07, 6.45) is 0.404. The molecule has 0 spiro atoms. The van der Waals surface area contributed by atoms with Crippen LogP contribution in [0.5, 0.6) is 0 Å². The summed E-state index contributed by atoms with van der Waals surface area (Å²) in [4.78, 5) is 22.5. The lowest BCUT2D eigenvalue weighted by Gasteiger charge is -2.03. The molecule has 0 saturated heterocycles. The van der Waals surface area contributed by atoms with Crippen molar-refractivity contribution in [3.8, 4) is 0 Å². The Hall–Kier alpha value is -1.64. The predicted octanol–water partition coefficient (Wildman–Crippen LogP) is 1.70. The van der Waals surface area contributed by atoms with E-state index in [9.17, 15) is 9.59 Å². The van der Waals surface area contributed by atoms with E-state index < -0.39 is 0 Å². The normalized spacial score (nSPS) is 9.73. The van der Waals surface area contributed by atoms with Crippen LogP contribution < -0.4 is 5.32 Å². The Morgan fingerprint density at radius 1 is 1.20 bits per heavy atom. The molecule has 0 aromatic heterocycles. The van der Waals surface area contributed by atoms with E-state index in [1.807, 2.05) is 19.1 Å². The van der Waals surface area contributed by atoms with Crippen molar-refractivity contribution in [2.24, 2.45) is 0 Å². The summed E-state index contributed by atoms with van der Waals surface area (Å²) < 4.78 is 0. The lowest BCUT2D eigenvalue weighted by atomic mass is 10.1.